The number of ether oxygens (including phenoxy) is 1. The molecule has 0 aliphatic carbocycles. The van der Waals surface area contributed by atoms with E-state index < -0.39 is 10.0 Å². The first-order valence-corrected chi connectivity index (χ1v) is 9.87. The van der Waals surface area contributed by atoms with Crippen LogP contribution in [0.25, 0.3) is 0 Å². The molecule has 1 aliphatic rings. The highest BCUT2D eigenvalue weighted by atomic mass is 79.9. The number of hydrogen-bond acceptors (Lipinski definition) is 5. The summed E-state index contributed by atoms with van der Waals surface area (Å²) in [4.78, 5) is 4.60. The van der Waals surface area contributed by atoms with Gasteiger partial charge < -0.3 is 4.74 Å². The number of aryl methyl sites for hydroxylation is 1. The molecule has 1 aliphatic heterocycles. The smallest absolute Gasteiger partial charge is 0.243 e. The van der Waals surface area contributed by atoms with E-state index in [1.165, 1.54) is 4.31 Å². The minimum Gasteiger partial charge on any atom is -0.496 e. The van der Waals surface area contributed by atoms with Crippen molar-refractivity contribution in [2.24, 2.45) is 0 Å². The Morgan fingerprint density at radius 3 is 2.83 bits per heavy atom. The van der Waals surface area contributed by atoms with Gasteiger partial charge in [0.15, 0.2) is 5.82 Å². The summed E-state index contributed by atoms with van der Waals surface area (Å²) in [6, 6.07) is 4.80. The lowest BCUT2D eigenvalue weighted by Crippen LogP contribution is -2.39. The summed E-state index contributed by atoms with van der Waals surface area (Å²) in [5.41, 5.74) is 0. The van der Waals surface area contributed by atoms with E-state index in [1.54, 1.807) is 25.3 Å². The summed E-state index contributed by atoms with van der Waals surface area (Å²) >= 11 is 3.34. The van der Waals surface area contributed by atoms with E-state index in [1.807, 2.05) is 6.92 Å². The summed E-state index contributed by atoms with van der Waals surface area (Å²) in [5, 5.41) is 7.01. The molecular formula is C15H19BrN4O3S. The summed E-state index contributed by atoms with van der Waals surface area (Å²) < 4.78 is 33.2. The van der Waals surface area contributed by atoms with Crippen LogP contribution in [0.1, 0.15) is 30.4 Å². The maximum atomic E-state index is 12.9. The Hall–Kier alpha value is -1.45. The normalized spacial score (nSPS) is 19.4. The van der Waals surface area contributed by atoms with Gasteiger partial charge in [0, 0.05) is 19.0 Å². The molecule has 1 aromatic heterocycles. The fourth-order valence-corrected chi connectivity index (χ4v) is 5.11. The van der Waals surface area contributed by atoms with Crippen molar-refractivity contribution in [2.45, 2.75) is 30.6 Å². The number of hydrogen-bond donors (Lipinski definition) is 1. The molecule has 24 heavy (non-hydrogen) atoms. The van der Waals surface area contributed by atoms with Crippen molar-refractivity contribution in [3.05, 3.63) is 34.3 Å². The molecule has 1 fully saturated rings. The predicted octanol–water partition coefficient (Wildman–Crippen LogP) is 2.45. The average Bonchev–Trinajstić information content (AvgIpc) is 3.01. The molecule has 130 valence electrons. The van der Waals surface area contributed by atoms with Gasteiger partial charge in [0.05, 0.1) is 16.5 Å². The van der Waals surface area contributed by atoms with Gasteiger partial charge >= 0.3 is 0 Å². The van der Waals surface area contributed by atoms with Gasteiger partial charge in [-0.05, 0) is 53.9 Å². The quantitative estimate of drug-likeness (QED) is 0.829. The molecule has 1 N–H and O–H groups in total. The molecule has 0 amide bonds. The number of aromatic amines is 1. The molecular weight excluding hydrogens is 396 g/mol. The van der Waals surface area contributed by atoms with Crippen LogP contribution in [0.3, 0.4) is 0 Å². The van der Waals surface area contributed by atoms with Gasteiger partial charge in [-0.2, -0.15) is 9.40 Å². The van der Waals surface area contributed by atoms with Gasteiger partial charge in [0.2, 0.25) is 10.0 Å². The highest BCUT2D eigenvalue weighted by molar-refractivity contribution is 9.10. The van der Waals surface area contributed by atoms with Crippen molar-refractivity contribution in [3.63, 3.8) is 0 Å². The molecule has 0 radical (unpaired) electrons. The Morgan fingerprint density at radius 1 is 1.42 bits per heavy atom. The number of H-pyrrole nitrogens is 1. The van der Waals surface area contributed by atoms with Crippen LogP contribution in [0, 0.1) is 6.92 Å². The molecule has 7 nitrogen and oxygen atoms in total. The van der Waals surface area contributed by atoms with Crippen molar-refractivity contribution in [3.8, 4) is 5.75 Å². The van der Waals surface area contributed by atoms with Crippen LogP contribution in [0.4, 0.5) is 0 Å². The van der Waals surface area contributed by atoms with Crippen LogP contribution in [0.5, 0.6) is 5.75 Å². The number of sulfonamides is 1. The maximum Gasteiger partial charge on any atom is 0.243 e. The van der Waals surface area contributed by atoms with E-state index in [2.05, 4.69) is 31.1 Å². The standard InChI is InChI=1S/C15H19BrN4O3S/c1-10-17-15(19-18-10)11-4-3-7-20(9-11)24(21,22)12-5-6-14(23-2)13(16)8-12/h5-6,8,11H,3-4,7,9H2,1-2H3,(H,17,18,19). The zero-order chi connectivity index (χ0) is 17.3. The van der Waals surface area contributed by atoms with Gasteiger partial charge in [0.1, 0.15) is 11.6 Å². The SMILES string of the molecule is COc1ccc(S(=O)(=O)N2CCCC(c3n[nH]c(C)n3)C2)cc1Br. The molecule has 9 heteroatoms. The van der Waals surface area contributed by atoms with E-state index in [0.717, 1.165) is 18.7 Å². The number of nitrogens with one attached hydrogen (secondary N) is 1. The number of aromatic nitrogens is 3. The van der Waals surface area contributed by atoms with E-state index in [-0.39, 0.29) is 10.8 Å². The van der Waals surface area contributed by atoms with Crippen LogP contribution in [-0.4, -0.2) is 48.1 Å². The fourth-order valence-electron chi connectivity index (χ4n) is 2.87. The molecule has 3 rings (SSSR count). The van der Waals surface area contributed by atoms with Crippen LogP contribution in [0.15, 0.2) is 27.6 Å². The third-order valence-electron chi connectivity index (χ3n) is 4.12. The second kappa shape index (κ2) is 6.81. The monoisotopic (exact) mass is 414 g/mol. The largest absolute Gasteiger partial charge is 0.496 e. The number of piperidine rings is 1. The number of rotatable bonds is 4. The molecule has 0 spiro atoms. The first kappa shape index (κ1) is 17.4. The molecule has 2 aromatic rings. The van der Waals surface area contributed by atoms with E-state index >= 15 is 0 Å². The van der Waals surface area contributed by atoms with Gasteiger partial charge in [0.25, 0.3) is 0 Å². The second-order valence-corrected chi connectivity index (χ2v) is 8.57. The predicted molar refractivity (Wildman–Crippen MR) is 92.5 cm³/mol. The van der Waals surface area contributed by atoms with Crippen molar-refractivity contribution >= 4 is 26.0 Å². The lowest BCUT2D eigenvalue weighted by molar-refractivity contribution is 0.309. The minimum absolute atomic E-state index is 0.0140. The number of methoxy groups -OCH3 is 1. The van der Waals surface area contributed by atoms with Crippen LogP contribution < -0.4 is 4.74 Å². The Balaban J connectivity index is 1.85. The van der Waals surface area contributed by atoms with Crippen LogP contribution >= 0.6 is 15.9 Å². The van der Waals surface area contributed by atoms with Crippen LogP contribution in [0.2, 0.25) is 0 Å². The molecule has 1 unspecified atom stereocenters. The fraction of sp³-hybridized carbons (Fsp3) is 0.467. The van der Waals surface area contributed by atoms with Crippen molar-refractivity contribution in [1.29, 1.82) is 0 Å². The summed E-state index contributed by atoms with van der Waals surface area (Å²) in [7, 11) is -2.02. The molecule has 0 bridgehead atoms. The van der Waals surface area contributed by atoms with E-state index in [4.69, 9.17) is 4.74 Å². The third-order valence-corrected chi connectivity index (χ3v) is 6.61. The van der Waals surface area contributed by atoms with Gasteiger partial charge in [-0.3, -0.25) is 5.10 Å². The molecule has 1 saturated heterocycles. The van der Waals surface area contributed by atoms with Gasteiger partial charge in [-0.1, -0.05) is 0 Å². The molecule has 0 saturated carbocycles. The zero-order valence-corrected chi connectivity index (χ0v) is 15.9. The van der Waals surface area contributed by atoms with Crippen molar-refractivity contribution < 1.29 is 13.2 Å². The highest BCUT2D eigenvalue weighted by Gasteiger charge is 2.32. The minimum atomic E-state index is -3.56. The lowest BCUT2D eigenvalue weighted by atomic mass is 9.99. The summed E-state index contributed by atoms with van der Waals surface area (Å²) in [5.74, 6) is 2.04. The molecule has 1 aromatic carbocycles. The van der Waals surface area contributed by atoms with Crippen molar-refractivity contribution in [1.82, 2.24) is 19.5 Å². The number of halogens is 1. The average molecular weight is 415 g/mol. The summed E-state index contributed by atoms with van der Waals surface area (Å²) in [6.45, 7) is 2.73. The molecule has 1 atom stereocenters. The lowest BCUT2D eigenvalue weighted by Gasteiger charge is -2.30. The Kier molecular flexibility index (Phi) is 4.93. The summed E-state index contributed by atoms with van der Waals surface area (Å²) in [6.07, 6.45) is 1.67. The Bertz CT molecular complexity index is 837. The third kappa shape index (κ3) is 3.33. The van der Waals surface area contributed by atoms with Gasteiger partial charge in [-0.15, -0.1) is 0 Å². The van der Waals surface area contributed by atoms with Gasteiger partial charge in [-0.25, -0.2) is 13.4 Å². The second-order valence-electron chi connectivity index (χ2n) is 5.78. The zero-order valence-electron chi connectivity index (χ0n) is 13.5. The Labute approximate surface area is 149 Å². The Morgan fingerprint density at radius 2 is 2.21 bits per heavy atom. The van der Waals surface area contributed by atoms with E-state index in [9.17, 15) is 8.42 Å². The van der Waals surface area contributed by atoms with E-state index in [0.29, 0.717) is 29.1 Å². The van der Waals surface area contributed by atoms with Crippen molar-refractivity contribution in [2.75, 3.05) is 20.2 Å². The topological polar surface area (TPSA) is 88.2 Å². The van der Waals surface area contributed by atoms with Crippen LogP contribution in [-0.2, 0) is 10.0 Å². The first-order valence-electron chi connectivity index (χ1n) is 7.64. The number of benzene rings is 1. The maximum absolute atomic E-state index is 12.9. The molecule has 2 heterocycles. The number of nitrogens with zero attached hydrogens (tertiary/aromatic N) is 3. The first-order chi connectivity index (χ1) is 11.4. The highest BCUT2D eigenvalue weighted by Crippen LogP contribution is 2.32.